The Morgan fingerprint density at radius 2 is 1.86 bits per heavy atom. The van der Waals surface area contributed by atoms with Crippen molar-refractivity contribution >= 4 is 22.4 Å². The Morgan fingerprint density at radius 3 is 2.55 bits per heavy atom. The SMILES string of the molecule is CNc1ccc(-c2nccc3c(CC(=O)O)cccc23)cc1. The van der Waals surface area contributed by atoms with Crippen LogP contribution in [-0.4, -0.2) is 23.1 Å². The minimum absolute atomic E-state index is 0.0134. The second-order valence-corrected chi connectivity index (χ2v) is 5.07. The molecule has 1 aromatic heterocycles. The molecule has 0 saturated heterocycles. The van der Waals surface area contributed by atoms with Crippen molar-refractivity contribution in [2.24, 2.45) is 0 Å². The van der Waals surface area contributed by atoms with E-state index in [0.717, 1.165) is 33.3 Å². The Bertz CT molecular complexity index is 826. The van der Waals surface area contributed by atoms with Crippen LogP contribution in [0.15, 0.2) is 54.7 Å². The summed E-state index contributed by atoms with van der Waals surface area (Å²) in [4.78, 5) is 15.5. The number of benzene rings is 2. The normalized spacial score (nSPS) is 10.6. The molecule has 2 aromatic carbocycles. The van der Waals surface area contributed by atoms with E-state index < -0.39 is 5.97 Å². The van der Waals surface area contributed by atoms with Crippen molar-refractivity contribution in [1.82, 2.24) is 4.98 Å². The first kappa shape index (κ1) is 14.1. The Kier molecular flexibility index (Phi) is 3.74. The van der Waals surface area contributed by atoms with E-state index in [4.69, 9.17) is 5.11 Å². The van der Waals surface area contributed by atoms with Crippen molar-refractivity contribution in [3.63, 3.8) is 0 Å². The summed E-state index contributed by atoms with van der Waals surface area (Å²) < 4.78 is 0. The Morgan fingerprint density at radius 1 is 1.09 bits per heavy atom. The zero-order valence-corrected chi connectivity index (χ0v) is 12.2. The van der Waals surface area contributed by atoms with Gasteiger partial charge in [0, 0.05) is 29.9 Å². The molecule has 110 valence electrons. The molecule has 4 nitrogen and oxygen atoms in total. The molecule has 3 rings (SSSR count). The maximum atomic E-state index is 11.0. The van der Waals surface area contributed by atoms with Gasteiger partial charge in [-0.3, -0.25) is 9.78 Å². The molecule has 0 fully saturated rings. The maximum absolute atomic E-state index is 11.0. The number of carbonyl (C=O) groups is 1. The van der Waals surface area contributed by atoms with Crippen LogP contribution >= 0.6 is 0 Å². The van der Waals surface area contributed by atoms with Crippen molar-refractivity contribution in [2.45, 2.75) is 6.42 Å². The number of nitrogens with one attached hydrogen (secondary N) is 1. The lowest BCUT2D eigenvalue weighted by atomic mass is 9.99. The third kappa shape index (κ3) is 2.63. The number of carboxylic acids is 1. The number of pyridine rings is 1. The first-order valence-electron chi connectivity index (χ1n) is 7.05. The van der Waals surface area contributed by atoms with Crippen LogP contribution in [0.1, 0.15) is 5.56 Å². The van der Waals surface area contributed by atoms with Crippen molar-refractivity contribution in [2.75, 3.05) is 12.4 Å². The fourth-order valence-electron chi connectivity index (χ4n) is 2.61. The second kappa shape index (κ2) is 5.85. The molecule has 0 bridgehead atoms. The van der Waals surface area contributed by atoms with Crippen LogP contribution in [0.5, 0.6) is 0 Å². The maximum Gasteiger partial charge on any atom is 0.307 e. The Labute approximate surface area is 128 Å². The average molecular weight is 292 g/mol. The topological polar surface area (TPSA) is 62.2 Å². The number of carboxylic acid groups (broad SMARTS) is 1. The molecule has 0 atom stereocenters. The summed E-state index contributed by atoms with van der Waals surface area (Å²) in [5, 5.41) is 14.0. The standard InChI is InChI=1S/C18H16N2O2/c1-19-14-7-5-12(6-8-14)18-16-4-2-3-13(11-17(21)22)15(16)9-10-20-18/h2-10,19H,11H2,1H3,(H,21,22). The predicted octanol–water partition coefficient (Wildman–Crippen LogP) is 3.57. The van der Waals surface area contributed by atoms with Gasteiger partial charge in [0.05, 0.1) is 12.1 Å². The summed E-state index contributed by atoms with van der Waals surface area (Å²) in [7, 11) is 1.88. The summed E-state index contributed by atoms with van der Waals surface area (Å²) in [6.07, 6.45) is 1.74. The third-order valence-corrected chi connectivity index (χ3v) is 3.69. The summed E-state index contributed by atoms with van der Waals surface area (Å²) >= 11 is 0. The monoisotopic (exact) mass is 292 g/mol. The molecule has 22 heavy (non-hydrogen) atoms. The number of fused-ring (bicyclic) bond motifs is 1. The van der Waals surface area contributed by atoms with E-state index in [-0.39, 0.29) is 6.42 Å². The largest absolute Gasteiger partial charge is 0.481 e. The third-order valence-electron chi connectivity index (χ3n) is 3.69. The van der Waals surface area contributed by atoms with Gasteiger partial charge in [-0.15, -0.1) is 0 Å². The van der Waals surface area contributed by atoms with Crippen LogP contribution in [0, 0.1) is 0 Å². The smallest absolute Gasteiger partial charge is 0.307 e. The van der Waals surface area contributed by atoms with Gasteiger partial charge >= 0.3 is 5.97 Å². The van der Waals surface area contributed by atoms with Gasteiger partial charge in [-0.05, 0) is 29.1 Å². The highest BCUT2D eigenvalue weighted by molar-refractivity contribution is 5.97. The first-order valence-corrected chi connectivity index (χ1v) is 7.05. The molecular weight excluding hydrogens is 276 g/mol. The van der Waals surface area contributed by atoms with Crippen molar-refractivity contribution in [3.8, 4) is 11.3 Å². The van der Waals surface area contributed by atoms with Crippen LogP contribution < -0.4 is 5.32 Å². The molecule has 1 heterocycles. The molecule has 0 saturated carbocycles. The molecule has 0 aliphatic rings. The summed E-state index contributed by atoms with van der Waals surface area (Å²) in [6, 6.07) is 15.6. The van der Waals surface area contributed by atoms with E-state index in [2.05, 4.69) is 10.3 Å². The van der Waals surface area contributed by atoms with Crippen LogP contribution in [0.25, 0.3) is 22.0 Å². The first-order chi connectivity index (χ1) is 10.7. The molecule has 0 radical (unpaired) electrons. The minimum atomic E-state index is -0.829. The molecule has 0 spiro atoms. The second-order valence-electron chi connectivity index (χ2n) is 5.07. The van der Waals surface area contributed by atoms with E-state index in [1.165, 1.54) is 0 Å². The zero-order chi connectivity index (χ0) is 15.5. The fraction of sp³-hybridized carbons (Fsp3) is 0.111. The van der Waals surface area contributed by atoms with Gasteiger partial charge in [-0.1, -0.05) is 30.3 Å². The molecule has 0 aliphatic heterocycles. The lowest BCUT2D eigenvalue weighted by Gasteiger charge is -2.09. The number of aromatic nitrogens is 1. The number of nitrogens with zero attached hydrogens (tertiary/aromatic N) is 1. The highest BCUT2D eigenvalue weighted by Crippen LogP contribution is 2.29. The lowest BCUT2D eigenvalue weighted by molar-refractivity contribution is -0.136. The zero-order valence-electron chi connectivity index (χ0n) is 12.2. The number of hydrogen-bond acceptors (Lipinski definition) is 3. The highest BCUT2D eigenvalue weighted by atomic mass is 16.4. The summed E-state index contributed by atoms with van der Waals surface area (Å²) in [5.74, 6) is -0.829. The van der Waals surface area contributed by atoms with Crippen LogP contribution in [0.4, 0.5) is 5.69 Å². The van der Waals surface area contributed by atoms with E-state index in [0.29, 0.717) is 0 Å². The van der Waals surface area contributed by atoms with Gasteiger partial charge in [0.15, 0.2) is 0 Å². The summed E-state index contributed by atoms with van der Waals surface area (Å²) in [6.45, 7) is 0. The van der Waals surface area contributed by atoms with Gasteiger partial charge in [-0.2, -0.15) is 0 Å². The van der Waals surface area contributed by atoms with E-state index in [1.54, 1.807) is 6.20 Å². The van der Waals surface area contributed by atoms with Gasteiger partial charge < -0.3 is 10.4 Å². The van der Waals surface area contributed by atoms with Gasteiger partial charge in [0.25, 0.3) is 0 Å². The molecule has 0 aliphatic carbocycles. The molecule has 4 heteroatoms. The fourth-order valence-corrected chi connectivity index (χ4v) is 2.61. The number of anilines is 1. The van der Waals surface area contributed by atoms with E-state index in [9.17, 15) is 4.79 Å². The summed E-state index contributed by atoms with van der Waals surface area (Å²) in [5.41, 5.74) is 3.72. The van der Waals surface area contributed by atoms with Gasteiger partial charge in [0.1, 0.15) is 0 Å². The van der Waals surface area contributed by atoms with Crippen molar-refractivity contribution in [1.29, 1.82) is 0 Å². The quantitative estimate of drug-likeness (QED) is 0.771. The average Bonchev–Trinajstić information content (AvgIpc) is 2.54. The Hall–Kier alpha value is -2.88. The van der Waals surface area contributed by atoms with E-state index >= 15 is 0 Å². The van der Waals surface area contributed by atoms with Crippen LogP contribution in [0.2, 0.25) is 0 Å². The Balaban J connectivity index is 2.15. The van der Waals surface area contributed by atoms with Crippen LogP contribution in [0.3, 0.4) is 0 Å². The molecule has 2 N–H and O–H groups in total. The van der Waals surface area contributed by atoms with Gasteiger partial charge in [0.2, 0.25) is 0 Å². The van der Waals surface area contributed by atoms with Crippen LogP contribution in [-0.2, 0) is 11.2 Å². The number of rotatable bonds is 4. The van der Waals surface area contributed by atoms with Crippen molar-refractivity contribution in [3.05, 3.63) is 60.3 Å². The number of aliphatic carboxylic acids is 1. The molecule has 0 amide bonds. The molecule has 0 unspecified atom stereocenters. The number of hydrogen-bond donors (Lipinski definition) is 2. The van der Waals surface area contributed by atoms with Crippen molar-refractivity contribution < 1.29 is 9.90 Å². The predicted molar refractivity (Wildman–Crippen MR) is 88.1 cm³/mol. The lowest BCUT2D eigenvalue weighted by Crippen LogP contribution is -2.01. The van der Waals surface area contributed by atoms with E-state index in [1.807, 2.05) is 55.6 Å². The minimum Gasteiger partial charge on any atom is -0.481 e. The van der Waals surface area contributed by atoms with Gasteiger partial charge in [-0.25, -0.2) is 0 Å². The highest BCUT2D eigenvalue weighted by Gasteiger charge is 2.10. The molecular formula is C18H16N2O2. The molecule has 3 aromatic rings.